The predicted octanol–water partition coefficient (Wildman–Crippen LogP) is 3.76. The number of carboxylic acid groups (broad SMARTS) is 1. The zero-order chi connectivity index (χ0) is 17.9. The van der Waals surface area contributed by atoms with Gasteiger partial charge in [-0.3, -0.25) is 4.79 Å². The lowest BCUT2D eigenvalue weighted by atomic mass is 9.91. The molecule has 2 N–H and O–H groups in total. The lowest BCUT2D eigenvalue weighted by Gasteiger charge is -2.27. The predicted molar refractivity (Wildman–Crippen MR) is 92.4 cm³/mol. The Morgan fingerprint density at radius 3 is 2.58 bits per heavy atom. The molecule has 24 heavy (non-hydrogen) atoms. The van der Waals surface area contributed by atoms with Gasteiger partial charge in [0.2, 0.25) is 5.91 Å². The SMILES string of the molecule is CC1CCC(CCC(=O)NC(C)(C(=O)O)c2ccc(Cl)c(Cl)c2)O1. The van der Waals surface area contributed by atoms with Crippen LogP contribution in [-0.4, -0.2) is 29.2 Å². The first-order valence-corrected chi connectivity index (χ1v) is 8.63. The van der Waals surface area contributed by atoms with Crippen molar-refractivity contribution in [3.05, 3.63) is 33.8 Å². The van der Waals surface area contributed by atoms with Gasteiger partial charge in [-0.25, -0.2) is 4.79 Å². The van der Waals surface area contributed by atoms with Gasteiger partial charge in [0, 0.05) is 6.42 Å². The van der Waals surface area contributed by atoms with Gasteiger partial charge < -0.3 is 15.2 Å². The van der Waals surface area contributed by atoms with Gasteiger partial charge in [-0.1, -0.05) is 29.3 Å². The Kier molecular flexibility index (Phi) is 6.12. The average Bonchev–Trinajstić information content (AvgIpc) is 2.93. The number of rotatable bonds is 6. The molecule has 1 aromatic carbocycles. The maximum atomic E-state index is 12.2. The molecule has 0 aliphatic carbocycles. The molecule has 3 atom stereocenters. The molecule has 3 unspecified atom stereocenters. The summed E-state index contributed by atoms with van der Waals surface area (Å²) in [4.78, 5) is 24.0. The molecule has 1 aromatic rings. The van der Waals surface area contributed by atoms with Gasteiger partial charge >= 0.3 is 5.97 Å². The second-order valence-corrected chi connectivity index (χ2v) is 7.11. The van der Waals surface area contributed by atoms with E-state index in [0.717, 1.165) is 12.8 Å². The van der Waals surface area contributed by atoms with Crippen LogP contribution in [0.1, 0.15) is 45.1 Å². The third-order valence-electron chi connectivity index (χ3n) is 4.33. The van der Waals surface area contributed by atoms with Crippen LogP contribution in [0.4, 0.5) is 0 Å². The molecule has 1 fully saturated rings. The second-order valence-electron chi connectivity index (χ2n) is 6.29. The number of carbonyl (C=O) groups is 2. The minimum atomic E-state index is -1.57. The summed E-state index contributed by atoms with van der Waals surface area (Å²) in [5, 5.41) is 12.8. The van der Waals surface area contributed by atoms with Crippen LogP contribution >= 0.6 is 23.2 Å². The van der Waals surface area contributed by atoms with Crippen molar-refractivity contribution in [3.8, 4) is 0 Å². The molecule has 0 spiro atoms. The van der Waals surface area contributed by atoms with E-state index in [2.05, 4.69) is 5.32 Å². The van der Waals surface area contributed by atoms with Crippen LogP contribution < -0.4 is 5.32 Å². The van der Waals surface area contributed by atoms with Crippen molar-refractivity contribution in [2.24, 2.45) is 0 Å². The molecular weight excluding hydrogens is 353 g/mol. The van der Waals surface area contributed by atoms with Gasteiger partial charge in [-0.15, -0.1) is 0 Å². The fourth-order valence-electron chi connectivity index (χ4n) is 2.79. The van der Waals surface area contributed by atoms with Gasteiger partial charge in [0.05, 0.1) is 22.3 Å². The van der Waals surface area contributed by atoms with E-state index in [1.807, 2.05) is 6.92 Å². The highest BCUT2D eigenvalue weighted by Crippen LogP contribution is 2.29. The van der Waals surface area contributed by atoms with Crippen molar-refractivity contribution in [3.63, 3.8) is 0 Å². The number of amides is 1. The van der Waals surface area contributed by atoms with E-state index in [0.29, 0.717) is 17.0 Å². The Hall–Kier alpha value is -1.30. The van der Waals surface area contributed by atoms with Crippen molar-refractivity contribution < 1.29 is 19.4 Å². The smallest absolute Gasteiger partial charge is 0.333 e. The highest BCUT2D eigenvalue weighted by Gasteiger charge is 2.37. The summed E-state index contributed by atoms with van der Waals surface area (Å²) in [7, 11) is 0. The van der Waals surface area contributed by atoms with E-state index in [1.165, 1.54) is 19.1 Å². The molecular formula is C17H21Cl2NO4. The van der Waals surface area contributed by atoms with Crippen molar-refractivity contribution in [1.29, 1.82) is 0 Å². The summed E-state index contributed by atoms with van der Waals surface area (Å²) >= 11 is 11.8. The fraction of sp³-hybridized carbons (Fsp3) is 0.529. The van der Waals surface area contributed by atoms with Crippen LogP contribution in [0.2, 0.25) is 10.0 Å². The molecule has 0 saturated carbocycles. The summed E-state index contributed by atoms with van der Waals surface area (Å²) in [5.41, 5.74) is -1.21. The second kappa shape index (κ2) is 7.72. The van der Waals surface area contributed by atoms with Crippen molar-refractivity contribution >= 4 is 35.1 Å². The van der Waals surface area contributed by atoms with Crippen molar-refractivity contribution in [2.45, 2.75) is 57.3 Å². The first-order valence-electron chi connectivity index (χ1n) is 7.87. The maximum absolute atomic E-state index is 12.2. The minimum Gasteiger partial charge on any atom is -0.479 e. The van der Waals surface area contributed by atoms with Crippen LogP contribution in [0, 0.1) is 0 Å². The molecule has 0 aromatic heterocycles. The number of aliphatic carboxylic acids is 1. The van der Waals surface area contributed by atoms with E-state index >= 15 is 0 Å². The molecule has 0 radical (unpaired) electrons. The summed E-state index contributed by atoms with van der Waals surface area (Å²) in [6.07, 6.45) is 2.99. The molecule has 1 heterocycles. The van der Waals surface area contributed by atoms with Gasteiger partial charge in [-0.05, 0) is 50.8 Å². The van der Waals surface area contributed by atoms with E-state index in [9.17, 15) is 14.7 Å². The normalized spacial score (nSPS) is 22.8. The quantitative estimate of drug-likeness (QED) is 0.795. The zero-order valence-electron chi connectivity index (χ0n) is 13.6. The van der Waals surface area contributed by atoms with Gasteiger partial charge in [-0.2, -0.15) is 0 Å². The minimum absolute atomic E-state index is 0.0619. The third kappa shape index (κ3) is 4.41. The monoisotopic (exact) mass is 373 g/mol. The molecule has 7 heteroatoms. The number of benzene rings is 1. The van der Waals surface area contributed by atoms with Crippen LogP contribution in [0.5, 0.6) is 0 Å². The van der Waals surface area contributed by atoms with Gasteiger partial charge in [0.15, 0.2) is 5.54 Å². The molecule has 0 bridgehead atoms. The number of halogens is 2. The first kappa shape index (κ1) is 19.0. The number of carboxylic acids is 1. The molecule has 1 aliphatic rings. The summed E-state index contributed by atoms with van der Waals surface area (Å²) in [6, 6.07) is 4.52. The van der Waals surface area contributed by atoms with E-state index in [-0.39, 0.29) is 29.6 Å². The topological polar surface area (TPSA) is 75.6 Å². The van der Waals surface area contributed by atoms with Crippen LogP contribution in [0.3, 0.4) is 0 Å². The Labute approximate surface area is 151 Å². The maximum Gasteiger partial charge on any atom is 0.333 e. The summed E-state index contributed by atoms with van der Waals surface area (Å²) in [5.74, 6) is -1.51. The van der Waals surface area contributed by atoms with Crippen LogP contribution in [-0.2, 0) is 19.9 Å². The van der Waals surface area contributed by atoms with Gasteiger partial charge in [0.25, 0.3) is 0 Å². The van der Waals surface area contributed by atoms with Crippen molar-refractivity contribution in [2.75, 3.05) is 0 Å². The largest absolute Gasteiger partial charge is 0.479 e. The Morgan fingerprint density at radius 2 is 2.04 bits per heavy atom. The molecule has 1 amide bonds. The number of hydrogen-bond donors (Lipinski definition) is 2. The molecule has 2 rings (SSSR count). The van der Waals surface area contributed by atoms with Gasteiger partial charge in [0.1, 0.15) is 0 Å². The van der Waals surface area contributed by atoms with Crippen LogP contribution in [0.25, 0.3) is 0 Å². The van der Waals surface area contributed by atoms with E-state index < -0.39 is 11.5 Å². The third-order valence-corrected chi connectivity index (χ3v) is 5.07. The Bertz CT molecular complexity index is 637. The van der Waals surface area contributed by atoms with Crippen LogP contribution in [0.15, 0.2) is 18.2 Å². The van der Waals surface area contributed by atoms with E-state index in [1.54, 1.807) is 6.07 Å². The lowest BCUT2D eigenvalue weighted by Crippen LogP contribution is -2.49. The Balaban J connectivity index is 2.05. The lowest BCUT2D eigenvalue weighted by molar-refractivity contribution is -0.147. The number of hydrogen-bond acceptors (Lipinski definition) is 3. The van der Waals surface area contributed by atoms with E-state index in [4.69, 9.17) is 27.9 Å². The number of nitrogens with one attached hydrogen (secondary N) is 1. The zero-order valence-corrected chi connectivity index (χ0v) is 15.2. The number of ether oxygens (including phenoxy) is 1. The first-order chi connectivity index (χ1) is 11.2. The highest BCUT2D eigenvalue weighted by molar-refractivity contribution is 6.42. The molecule has 132 valence electrons. The molecule has 1 aliphatic heterocycles. The summed E-state index contributed by atoms with van der Waals surface area (Å²) < 4.78 is 5.67. The highest BCUT2D eigenvalue weighted by atomic mass is 35.5. The molecule has 1 saturated heterocycles. The number of carbonyl (C=O) groups excluding carboxylic acids is 1. The summed E-state index contributed by atoms with van der Waals surface area (Å²) in [6.45, 7) is 3.44. The average molecular weight is 374 g/mol. The fourth-order valence-corrected chi connectivity index (χ4v) is 3.09. The standard InChI is InChI=1S/C17H21Cl2NO4/c1-10-3-5-12(24-10)6-8-15(21)20-17(2,16(22)23)11-4-7-13(18)14(19)9-11/h4,7,9-10,12H,3,5-6,8H2,1-2H3,(H,20,21)(H,22,23). The Morgan fingerprint density at radius 1 is 1.33 bits per heavy atom. The van der Waals surface area contributed by atoms with Crippen molar-refractivity contribution in [1.82, 2.24) is 5.32 Å². The molecule has 5 nitrogen and oxygen atoms in total.